The Morgan fingerprint density at radius 1 is 1.17 bits per heavy atom. The number of halogens is 3. The Labute approximate surface area is 127 Å². The zero-order chi connectivity index (χ0) is 16.9. The minimum absolute atomic E-state index is 0.00194. The van der Waals surface area contributed by atoms with Crippen LogP contribution in [0.1, 0.15) is 11.5 Å². The van der Waals surface area contributed by atoms with Crippen molar-refractivity contribution in [2.45, 2.75) is 12.8 Å². The molecule has 0 aliphatic rings. The number of hydrogen-bond donors (Lipinski definition) is 0. The predicted molar refractivity (Wildman–Crippen MR) is 68.2 cm³/mol. The third-order valence-corrected chi connectivity index (χ3v) is 2.48. The second-order valence-corrected chi connectivity index (χ2v) is 4.01. The molecule has 0 saturated carbocycles. The van der Waals surface area contributed by atoms with Crippen molar-refractivity contribution in [2.24, 2.45) is 5.16 Å². The van der Waals surface area contributed by atoms with Gasteiger partial charge in [0.1, 0.15) is 12.1 Å². The van der Waals surface area contributed by atoms with Gasteiger partial charge >= 0.3 is 6.18 Å². The number of nitriles is 2. The second kappa shape index (κ2) is 6.58. The van der Waals surface area contributed by atoms with E-state index in [1.54, 1.807) is 0 Å². The van der Waals surface area contributed by atoms with E-state index in [2.05, 4.69) is 20.2 Å². The summed E-state index contributed by atoms with van der Waals surface area (Å²) in [7, 11) is 0. The topological polar surface area (TPSA) is 108 Å². The van der Waals surface area contributed by atoms with Crippen LogP contribution in [0.5, 0.6) is 0 Å². The van der Waals surface area contributed by atoms with Gasteiger partial charge in [-0.05, 0) is 24.3 Å². The van der Waals surface area contributed by atoms with Gasteiger partial charge in [-0.1, -0.05) is 5.16 Å². The third-order valence-electron chi connectivity index (χ3n) is 2.48. The minimum Gasteiger partial charge on any atom is -0.417 e. The molecule has 116 valence electrons. The van der Waals surface area contributed by atoms with Crippen LogP contribution in [0.15, 0.2) is 33.8 Å². The van der Waals surface area contributed by atoms with E-state index >= 15 is 0 Å². The summed E-state index contributed by atoms with van der Waals surface area (Å²) in [4.78, 5) is 4.67. The normalized spacial score (nSPS) is 10.5. The molecule has 7 nitrogen and oxygen atoms in total. The summed E-state index contributed by atoms with van der Waals surface area (Å²) >= 11 is 0. The summed E-state index contributed by atoms with van der Waals surface area (Å²) in [6.45, 7) is -0.291. The lowest BCUT2D eigenvalue weighted by Crippen LogP contribution is -2.03. The van der Waals surface area contributed by atoms with Crippen LogP contribution >= 0.6 is 0 Å². The standard InChI is InChI=1S/C13H6F3N5O2/c14-13(15,16)9-3-1-8(2-4-9)12-20-19-11(23-12)7-22-21-10(5-17)6-18/h1-4H,7H2. The Morgan fingerprint density at radius 2 is 1.83 bits per heavy atom. The summed E-state index contributed by atoms with van der Waals surface area (Å²) in [5.41, 5.74) is -0.971. The van der Waals surface area contributed by atoms with E-state index in [1.807, 2.05) is 0 Å². The van der Waals surface area contributed by atoms with Crippen LogP contribution in [0, 0.1) is 22.7 Å². The first-order valence-corrected chi connectivity index (χ1v) is 5.94. The van der Waals surface area contributed by atoms with Crippen LogP contribution in [-0.2, 0) is 17.6 Å². The molecule has 0 aliphatic carbocycles. The average Bonchev–Trinajstić information content (AvgIpc) is 3.00. The molecule has 0 radical (unpaired) electrons. The van der Waals surface area contributed by atoms with Gasteiger partial charge in [0.15, 0.2) is 6.61 Å². The highest BCUT2D eigenvalue weighted by atomic mass is 19.4. The van der Waals surface area contributed by atoms with E-state index in [0.29, 0.717) is 5.56 Å². The van der Waals surface area contributed by atoms with Gasteiger partial charge in [0.2, 0.25) is 5.89 Å². The highest BCUT2D eigenvalue weighted by molar-refractivity contribution is 6.09. The number of oxime groups is 1. The Hall–Kier alpha value is -3.40. The number of aromatic nitrogens is 2. The molecular formula is C13H6F3N5O2. The van der Waals surface area contributed by atoms with Gasteiger partial charge in [0, 0.05) is 5.56 Å². The van der Waals surface area contributed by atoms with E-state index in [0.717, 1.165) is 12.1 Å². The molecule has 0 amide bonds. The van der Waals surface area contributed by atoms with Crippen molar-refractivity contribution in [1.29, 1.82) is 10.5 Å². The fraction of sp³-hybridized carbons (Fsp3) is 0.154. The molecular weight excluding hydrogens is 315 g/mol. The van der Waals surface area contributed by atoms with Gasteiger partial charge in [-0.3, -0.25) is 0 Å². The molecule has 2 rings (SSSR count). The molecule has 0 N–H and O–H groups in total. The first-order valence-electron chi connectivity index (χ1n) is 5.94. The predicted octanol–water partition coefficient (Wildman–Crippen LogP) is 2.68. The van der Waals surface area contributed by atoms with E-state index in [-0.39, 0.29) is 18.4 Å². The van der Waals surface area contributed by atoms with Crippen molar-refractivity contribution >= 4 is 5.71 Å². The molecule has 0 bridgehead atoms. The van der Waals surface area contributed by atoms with Gasteiger partial charge in [0.25, 0.3) is 11.6 Å². The molecule has 1 aromatic carbocycles. The largest absolute Gasteiger partial charge is 0.417 e. The molecule has 23 heavy (non-hydrogen) atoms. The van der Waals surface area contributed by atoms with Crippen molar-refractivity contribution in [1.82, 2.24) is 10.2 Å². The first kappa shape index (κ1) is 16.0. The highest BCUT2D eigenvalue weighted by Gasteiger charge is 2.30. The molecule has 10 heteroatoms. The van der Waals surface area contributed by atoms with Crippen molar-refractivity contribution in [3.63, 3.8) is 0 Å². The number of nitrogens with zero attached hydrogens (tertiary/aromatic N) is 5. The lowest BCUT2D eigenvalue weighted by molar-refractivity contribution is -0.137. The molecule has 0 spiro atoms. The summed E-state index contributed by atoms with van der Waals surface area (Å²) in [5.74, 6) is -0.0130. The number of benzene rings is 1. The van der Waals surface area contributed by atoms with Gasteiger partial charge < -0.3 is 9.25 Å². The minimum atomic E-state index is -4.43. The quantitative estimate of drug-likeness (QED) is 0.632. The molecule has 0 unspecified atom stereocenters. The summed E-state index contributed by atoms with van der Waals surface area (Å²) < 4.78 is 42.6. The fourth-order valence-corrected chi connectivity index (χ4v) is 1.45. The second-order valence-electron chi connectivity index (χ2n) is 4.01. The van der Waals surface area contributed by atoms with Crippen LogP contribution in [0.3, 0.4) is 0 Å². The van der Waals surface area contributed by atoms with Gasteiger partial charge in [-0.15, -0.1) is 10.2 Å². The Balaban J connectivity index is 2.07. The van der Waals surface area contributed by atoms with Crippen molar-refractivity contribution in [3.8, 4) is 23.6 Å². The van der Waals surface area contributed by atoms with Crippen LogP contribution in [0.2, 0.25) is 0 Å². The molecule has 0 fully saturated rings. The Bertz CT molecular complexity index is 781. The Morgan fingerprint density at radius 3 is 2.39 bits per heavy atom. The van der Waals surface area contributed by atoms with Gasteiger partial charge in [-0.2, -0.15) is 23.7 Å². The maximum Gasteiger partial charge on any atom is 0.416 e. The van der Waals surface area contributed by atoms with Gasteiger partial charge in [-0.25, -0.2) is 0 Å². The van der Waals surface area contributed by atoms with E-state index in [4.69, 9.17) is 14.9 Å². The average molecular weight is 321 g/mol. The van der Waals surface area contributed by atoms with Crippen LogP contribution in [0.4, 0.5) is 13.2 Å². The van der Waals surface area contributed by atoms with Crippen LogP contribution in [-0.4, -0.2) is 15.9 Å². The SMILES string of the molecule is N#CC(C#N)=NOCc1nnc(-c2ccc(C(F)(F)F)cc2)o1. The van der Waals surface area contributed by atoms with E-state index in [9.17, 15) is 13.2 Å². The summed E-state index contributed by atoms with van der Waals surface area (Å²) in [6, 6.07) is 7.17. The number of hydrogen-bond acceptors (Lipinski definition) is 7. The lowest BCUT2D eigenvalue weighted by atomic mass is 10.1. The summed E-state index contributed by atoms with van der Waals surface area (Å²) in [6.07, 6.45) is -4.43. The highest BCUT2D eigenvalue weighted by Crippen LogP contribution is 2.30. The van der Waals surface area contributed by atoms with Crippen LogP contribution in [0.25, 0.3) is 11.5 Å². The number of alkyl halides is 3. The maximum atomic E-state index is 12.5. The zero-order valence-electron chi connectivity index (χ0n) is 11.2. The van der Waals surface area contributed by atoms with Crippen LogP contribution < -0.4 is 0 Å². The van der Waals surface area contributed by atoms with Crippen molar-refractivity contribution in [3.05, 3.63) is 35.7 Å². The van der Waals surface area contributed by atoms with Crippen molar-refractivity contribution in [2.75, 3.05) is 0 Å². The maximum absolute atomic E-state index is 12.5. The van der Waals surface area contributed by atoms with E-state index in [1.165, 1.54) is 24.3 Å². The monoisotopic (exact) mass is 321 g/mol. The third kappa shape index (κ3) is 4.04. The first-order chi connectivity index (χ1) is 10.9. The molecule has 0 aliphatic heterocycles. The molecule has 2 aromatic rings. The molecule has 0 saturated heterocycles. The fourth-order valence-electron chi connectivity index (χ4n) is 1.45. The molecule has 0 atom stereocenters. The summed E-state index contributed by atoms with van der Waals surface area (Å²) in [5, 5.41) is 27.4. The molecule has 1 aromatic heterocycles. The molecule has 1 heterocycles. The number of rotatable bonds is 4. The van der Waals surface area contributed by atoms with Gasteiger partial charge in [0.05, 0.1) is 5.56 Å². The lowest BCUT2D eigenvalue weighted by Gasteiger charge is -2.05. The van der Waals surface area contributed by atoms with E-state index < -0.39 is 17.5 Å². The van der Waals surface area contributed by atoms with Crippen molar-refractivity contribution < 1.29 is 22.4 Å². The smallest absolute Gasteiger partial charge is 0.416 e. The zero-order valence-corrected chi connectivity index (χ0v) is 11.2. The Kier molecular flexibility index (Phi) is 4.57.